The molecular formula is C20H34O3. The minimum Gasteiger partial charge on any atom is -0.481 e. The van der Waals surface area contributed by atoms with Crippen LogP contribution >= 0.6 is 0 Å². The average Bonchev–Trinajstić information content (AvgIpc) is 2.46. The quantitative estimate of drug-likeness (QED) is 0.700. The van der Waals surface area contributed by atoms with Crippen molar-refractivity contribution in [2.24, 2.45) is 28.6 Å². The zero-order chi connectivity index (χ0) is 17.3. The zero-order valence-electron chi connectivity index (χ0n) is 15.1. The van der Waals surface area contributed by atoms with Crippen LogP contribution in [0.25, 0.3) is 0 Å². The van der Waals surface area contributed by atoms with Crippen molar-refractivity contribution in [3.63, 3.8) is 0 Å². The number of carboxylic acids is 1. The molecule has 2 aliphatic rings. The molecule has 132 valence electrons. The summed E-state index contributed by atoms with van der Waals surface area (Å²) in [6.45, 7) is 11.1. The summed E-state index contributed by atoms with van der Waals surface area (Å²) in [5.41, 5.74) is 0.817. The van der Waals surface area contributed by atoms with E-state index in [2.05, 4.69) is 20.4 Å². The highest BCUT2D eigenvalue weighted by molar-refractivity contribution is 5.75. The second-order valence-electron chi connectivity index (χ2n) is 8.58. The van der Waals surface area contributed by atoms with Crippen molar-refractivity contribution >= 4 is 5.97 Å². The van der Waals surface area contributed by atoms with Crippen molar-refractivity contribution in [3.8, 4) is 0 Å². The number of aliphatic hydroxyl groups excluding tert-OH is 1. The van der Waals surface area contributed by atoms with E-state index in [0.29, 0.717) is 11.8 Å². The Hall–Kier alpha value is -0.830. The number of hydrogen-bond donors (Lipinski definition) is 2. The molecule has 0 aromatic rings. The standard InChI is InChI=1S/C20H34O3/c1-14(10-13-21)6-8-16-15(2)7-9-17-19(16,3)11-5-12-20(17,4)18(22)23/h14,16-17,21H,2,5-13H2,1,3-4H3,(H,22,23)/t14?,16?,17-,19-,20+/m1/s1. The van der Waals surface area contributed by atoms with Crippen LogP contribution in [-0.4, -0.2) is 22.8 Å². The summed E-state index contributed by atoms with van der Waals surface area (Å²) in [6, 6.07) is 0. The fraction of sp³-hybridized carbons (Fsp3) is 0.850. The van der Waals surface area contributed by atoms with Gasteiger partial charge in [0, 0.05) is 6.61 Å². The largest absolute Gasteiger partial charge is 0.481 e. The van der Waals surface area contributed by atoms with Gasteiger partial charge in [0.05, 0.1) is 5.41 Å². The van der Waals surface area contributed by atoms with Crippen molar-refractivity contribution < 1.29 is 15.0 Å². The predicted octanol–water partition coefficient (Wildman–Crippen LogP) is 4.65. The third-order valence-corrected chi connectivity index (χ3v) is 7.08. The Labute approximate surface area is 141 Å². The maximum atomic E-state index is 12.0. The highest BCUT2D eigenvalue weighted by Gasteiger charge is 2.57. The van der Waals surface area contributed by atoms with Crippen LogP contribution in [0.2, 0.25) is 0 Å². The van der Waals surface area contributed by atoms with Crippen LogP contribution in [-0.2, 0) is 4.79 Å². The Balaban J connectivity index is 2.21. The topological polar surface area (TPSA) is 57.5 Å². The van der Waals surface area contributed by atoms with E-state index < -0.39 is 11.4 Å². The first-order valence-corrected chi connectivity index (χ1v) is 9.27. The van der Waals surface area contributed by atoms with Crippen LogP contribution in [0, 0.1) is 28.6 Å². The summed E-state index contributed by atoms with van der Waals surface area (Å²) in [5.74, 6) is 0.589. The first kappa shape index (κ1) is 18.5. The maximum Gasteiger partial charge on any atom is 0.309 e. The molecule has 0 aromatic carbocycles. The van der Waals surface area contributed by atoms with Gasteiger partial charge in [-0.15, -0.1) is 0 Å². The van der Waals surface area contributed by atoms with Gasteiger partial charge in [-0.1, -0.05) is 38.8 Å². The molecule has 0 heterocycles. The van der Waals surface area contributed by atoms with Crippen LogP contribution in [0.3, 0.4) is 0 Å². The molecule has 3 heteroatoms. The molecule has 23 heavy (non-hydrogen) atoms. The minimum atomic E-state index is -0.617. The summed E-state index contributed by atoms with van der Waals surface area (Å²) >= 11 is 0. The lowest BCUT2D eigenvalue weighted by Gasteiger charge is -2.57. The maximum absolute atomic E-state index is 12.0. The first-order valence-electron chi connectivity index (χ1n) is 9.27. The van der Waals surface area contributed by atoms with Crippen molar-refractivity contribution in [3.05, 3.63) is 12.2 Å². The van der Waals surface area contributed by atoms with Crippen molar-refractivity contribution in [1.82, 2.24) is 0 Å². The monoisotopic (exact) mass is 322 g/mol. The number of hydrogen-bond acceptors (Lipinski definition) is 2. The van der Waals surface area contributed by atoms with E-state index in [1.54, 1.807) is 0 Å². The molecule has 2 N–H and O–H groups in total. The van der Waals surface area contributed by atoms with E-state index in [1.165, 1.54) is 5.57 Å². The van der Waals surface area contributed by atoms with E-state index in [-0.39, 0.29) is 17.9 Å². The number of carbonyl (C=O) groups is 1. The van der Waals surface area contributed by atoms with Gasteiger partial charge in [-0.2, -0.15) is 0 Å². The third-order valence-electron chi connectivity index (χ3n) is 7.08. The smallest absolute Gasteiger partial charge is 0.309 e. The molecule has 2 aliphatic carbocycles. The molecule has 0 aliphatic heterocycles. The molecule has 0 bridgehead atoms. The summed E-state index contributed by atoms with van der Waals surface area (Å²) in [4.78, 5) is 12.0. The van der Waals surface area contributed by atoms with Crippen LogP contribution in [0.5, 0.6) is 0 Å². The van der Waals surface area contributed by atoms with E-state index in [4.69, 9.17) is 5.11 Å². The Kier molecular flexibility index (Phi) is 5.60. The summed E-state index contributed by atoms with van der Waals surface area (Å²) in [6.07, 6.45) is 7.92. The van der Waals surface area contributed by atoms with Gasteiger partial charge in [0.2, 0.25) is 0 Å². The second kappa shape index (κ2) is 6.96. The van der Waals surface area contributed by atoms with Gasteiger partial charge in [0.15, 0.2) is 0 Å². The molecule has 0 amide bonds. The molecule has 2 fully saturated rings. The number of fused-ring (bicyclic) bond motifs is 1. The minimum absolute atomic E-state index is 0.0691. The first-order chi connectivity index (χ1) is 10.8. The Morgan fingerprint density at radius 1 is 1.35 bits per heavy atom. The molecule has 2 unspecified atom stereocenters. The SMILES string of the molecule is C=C1CC[C@H]2[C@@](C)(C(=O)O)CCC[C@]2(C)C1CCC(C)CCO. The van der Waals surface area contributed by atoms with E-state index in [0.717, 1.165) is 51.4 Å². The summed E-state index contributed by atoms with van der Waals surface area (Å²) in [5, 5.41) is 19.0. The molecule has 2 saturated carbocycles. The van der Waals surface area contributed by atoms with Crippen LogP contribution in [0.15, 0.2) is 12.2 Å². The zero-order valence-corrected chi connectivity index (χ0v) is 15.1. The number of aliphatic carboxylic acids is 1. The fourth-order valence-corrected chi connectivity index (χ4v) is 5.55. The van der Waals surface area contributed by atoms with Gasteiger partial charge in [0.1, 0.15) is 0 Å². The normalized spacial score (nSPS) is 38.9. The molecule has 3 nitrogen and oxygen atoms in total. The summed E-state index contributed by atoms with van der Waals surface area (Å²) in [7, 11) is 0. The summed E-state index contributed by atoms with van der Waals surface area (Å²) < 4.78 is 0. The Morgan fingerprint density at radius 3 is 2.65 bits per heavy atom. The lowest BCUT2D eigenvalue weighted by atomic mass is 9.46. The van der Waals surface area contributed by atoms with Crippen molar-refractivity contribution in [2.45, 2.75) is 72.1 Å². The van der Waals surface area contributed by atoms with Gasteiger partial charge in [-0.05, 0) is 68.6 Å². The van der Waals surface area contributed by atoms with Gasteiger partial charge in [-0.3, -0.25) is 4.79 Å². The average molecular weight is 322 g/mol. The Morgan fingerprint density at radius 2 is 2.04 bits per heavy atom. The van der Waals surface area contributed by atoms with Crippen molar-refractivity contribution in [2.75, 3.05) is 6.61 Å². The number of rotatable bonds is 6. The molecule has 0 radical (unpaired) electrons. The van der Waals surface area contributed by atoms with Crippen molar-refractivity contribution in [1.29, 1.82) is 0 Å². The van der Waals surface area contributed by atoms with Gasteiger partial charge in [0.25, 0.3) is 0 Å². The molecule has 0 spiro atoms. The predicted molar refractivity (Wildman–Crippen MR) is 93.2 cm³/mol. The van der Waals surface area contributed by atoms with E-state index >= 15 is 0 Å². The van der Waals surface area contributed by atoms with Crippen LogP contribution < -0.4 is 0 Å². The van der Waals surface area contributed by atoms with E-state index in [1.807, 2.05) is 6.92 Å². The van der Waals surface area contributed by atoms with Gasteiger partial charge < -0.3 is 10.2 Å². The highest BCUT2D eigenvalue weighted by Crippen LogP contribution is 2.62. The van der Waals surface area contributed by atoms with Crippen LogP contribution in [0.1, 0.15) is 72.1 Å². The number of aliphatic hydroxyl groups is 1. The van der Waals surface area contributed by atoms with Crippen LogP contribution in [0.4, 0.5) is 0 Å². The molecule has 2 rings (SSSR count). The molecular weight excluding hydrogens is 288 g/mol. The number of carboxylic acid groups (broad SMARTS) is 1. The molecule has 5 atom stereocenters. The lowest BCUT2D eigenvalue weighted by Crippen LogP contribution is -2.53. The highest BCUT2D eigenvalue weighted by atomic mass is 16.4. The second-order valence-corrected chi connectivity index (χ2v) is 8.58. The van der Waals surface area contributed by atoms with E-state index in [9.17, 15) is 9.90 Å². The molecule has 0 aromatic heterocycles. The van der Waals surface area contributed by atoms with Gasteiger partial charge in [-0.25, -0.2) is 0 Å². The Bertz CT molecular complexity index is 458. The fourth-order valence-electron chi connectivity index (χ4n) is 5.55. The number of allylic oxidation sites excluding steroid dienone is 1. The third kappa shape index (κ3) is 3.35. The molecule has 0 saturated heterocycles. The lowest BCUT2D eigenvalue weighted by molar-refractivity contribution is -0.164. The van der Waals surface area contributed by atoms with Gasteiger partial charge >= 0.3 is 5.97 Å².